The highest BCUT2D eigenvalue weighted by Crippen LogP contribution is 2.63. The standard InChI is InChI=1S/C40H60ClNO3/c1-37(2)24-31(25-38(3,4)42-37)40(21-22-40)26-30(39(5,6)36(44)20-17-28-11-8-7-9-12-28)23-29-15-18-32(19-16-29)45-27-33-34(41)13-10-14-35(33)43/h10,13-15,17,20,28,30-32,42-43H,7-9,11-12,16,18-19,21-27H2,1-6H3/b20-17+/t30-,32?/m1/s1. The maximum Gasteiger partial charge on any atom is 0.161 e. The number of carbonyl (C=O) groups is 1. The van der Waals surface area contributed by atoms with Gasteiger partial charge in [0.1, 0.15) is 5.75 Å². The molecule has 2 N–H and O–H groups in total. The lowest BCUT2D eigenvalue weighted by Gasteiger charge is -2.50. The monoisotopic (exact) mass is 637 g/mol. The molecule has 250 valence electrons. The van der Waals surface area contributed by atoms with E-state index in [4.69, 9.17) is 16.3 Å². The van der Waals surface area contributed by atoms with E-state index in [-0.39, 0.29) is 22.9 Å². The van der Waals surface area contributed by atoms with Crippen molar-refractivity contribution in [3.8, 4) is 5.75 Å². The van der Waals surface area contributed by atoms with Crippen LogP contribution in [0.2, 0.25) is 5.02 Å². The van der Waals surface area contributed by atoms with Crippen molar-refractivity contribution in [1.82, 2.24) is 5.32 Å². The maximum atomic E-state index is 14.0. The normalized spacial score (nSPS) is 26.0. The Balaban J connectivity index is 1.30. The van der Waals surface area contributed by atoms with Gasteiger partial charge >= 0.3 is 0 Å². The number of ether oxygens (including phenoxy) is 1. The molecule has 1 aromatic rings. The van der Waals surface area contributed by atoms with E-state index < -0.39 is 5.41 Å². The molecule has 0 spiro atoms. The summed E-state index contributed by atoms with van der Waals surface area (Å²) in [5, 5.41) is 14.7. The Kier molecular flexibility index (Phi) is 10.7. The number of piperidine rings is 1. The molecule has 0 aromatic heterocycles. The van der Waals surface area contributed by atoms with Crippen molar-refractivity contribution >= 4 is 17.4 Å². The van der Waals surface area contributed by atoms with Gasteiger partial charge in [-0.15, -0.1) is 0 Å². The van der Waals surface area contributed by atoms with Crippen molar-refractivity contribution in [2.24, 2.45) is 28.6 Å². The van der Waals surface area contributed by atoms with Crippen LogP contribution in [-0.4, -0.2) is 28.1 Å². The SMILES string of the molecule is CC1(C)CC(C2(C[C@@H](CC3=CCC(OCc4c(O)cccc4Cl)CC3)C(C)(C)C(=O)/C=C/C3CCCCC3)CC2)CC(C)(C)N1. The molecule has 0 amide bonds. The summed E-state index contributed by atoms with van der Waals surface area (Å²) in [6.45, 7) is 14.3. The van der Waals surface area contributed by atoms with Gasteiger partial charge in [-0.05, 0) is 140 Å². The van der Waals surface area contributed by atoms with Crippen molar-refractivity contribution < 1.29 is 14.6 Å². The van der Waals surface area contributed by atoms with E-state index in [1.807, 2.05) is 6.08 Å². The molecule has 0 bridgehead atoms. The van der Waals surface area contributed by atoms with Crippen molar-refractivity contribution in [1.29, 1.82) is 0 Å². The van der Waals surface area contributed by atoms with Crippen LogP contribution in [0.3, 0.4) is 0 Å². The van der Waals surface area contributed by atoms with Crippen LogP contribution >= 0.6 is 11.6 Å². The van der Waals surface area contributed by atoms with Crippen LogP contribution in [0.25, 0.3) is 0 Å². The fraction of sp³-hybridized carbons (Fsp3) is 0.725. The van der Waals surface area contributed by atoms with Gasteiger partial charge in [-0.2, -0.15) is 0 Å². The Morgan fingerprint density at radius 2 is 1.78 bits per heavy atom. The average Bonchev–Trinajstić information content (AvgIpc) is 3.76. The second-order valence-corrected chi connectivity index (χ2v) is 17.5. The summed E-state index contributed by atoms with van der Waals surface area (Å²) in [5.41, 5.74) is 2.35. The summed E-state index contributed by atoms with van der Waals surface area (Å²) in [6, 6.07) is 5.21. The van der Waals surface area contributed by atoms with Gasteiger partial charge in [0.25, 0.3) is 0 Å². The van der Waals surface area contributed by atoms with Gasteiger partial charge in [-0.3, -0.25) is 4.79 Å². The lowest BCUT2D eigenvalue weighted by molar-refractivity contribution is -0.125. The number of halogens is 1. The highest BCUT2D eigenvalue weighted by atomic mass is 35.5. The van der Waals surface area contributed by atoms with Gasteiger partial charge in [0.2, 0.25) is 0 Å². The van der Waals surface area contributed by atoms with Crippen LogP contribution in [0.4, 0.5) is 0 Å². The van der Waals surface area contributed by atoms with Crippen LogP contribution in [0, 0.1) is 28.6 Å². The molecule has 5 rings (SSSR count). The van der Waals surface area contributed by atoms with Gasteiger partial charge in [0.05, 0.1) is 12.7 Å². The molecule has 1 unspecified atom stereocenters. The van der Waals surface area contributed by atoms with Crippen LogP contribution in [0.5, 0.6) is 5.75 Å². The predicted octanol–water partition coefficient (Wildman–Crippen LogP) is 10.5. The molecule has 5 heteroatoms. The smallest absolute Gasteiger partial charge is 0.161 e. The molecule has 1 aliphatic heterocycles. The van der Waals surface area contributed by atoms with E-state index in [0.29, 0.717) is 46.1 Å². The van der Waals surface area contributed by atoms with Crippen LogP contribution in [0.15, 0.2) is 42.0 Å². The third kappa shape index (κ3) is 8.85. The Hall–Kier alpha value is -1.62. The molecule has 2 atom stereocenters. The quantitative estimate of drug-likeness (QED) is 0.177. The molecule has 45 heavy (non-hydrogen) atoms. The molecular formula is C40H60ClNO3. The molecule has 0 radical (unpaired) electrons. The summed E-state index contributed by atoms with van der Waals surface area (Å²) in [4.78, 5) is 14.0. The first-order valence-electron chi connectivity index (χ1n) is 18.0. The molecule has 2 saturated carbocycles. The second-order valence-electron chi connectivity index (χ2n) is 17.1. The fourth-order valence-electron chi connectivity index (χ4n) is 9.14. The Morgan fingerprint density at radius 3 is 2.38 bits per heavy atom. The van der Waals surface area contributed by atoms with Crippen LogP contribution in [-0.2, 0) is 16.1 Å². The third-order valence-corrected chi connectivity index (χ3v) is 12.3. The minimum atomic E-state index is -0.408. The minimum absolute atomic E-state index is 0.116. The van der Waals surface area contributed by atoms with Crippen LogP contribution < -0.4 is 5.32 Å². The van der Waals surface area contributed by atoms with Gasteiger partial charge in [-0.25, -0.2) is 0 Å². The number of phenols is 1. The zero-order valence-corrected chi connectivity index (χ0v) is 29.8. The van der Waals surface area contributed by atoms with Gasteiger partial charge in [-0.1, -0.05) is 68.5 Å². The van der Waals surface area contributed by atoms with Crippen molar-refractivity contribution in [3.63, 3.8) is 0 Å². The number of hydrogen-bond donors (Lipinski definition) is 2. The number of allylic oxidation sites excluding steroid dienone is 3. The van der Waals surface area contributed by atoms with Crippen molar-refractivity contribution in [2.75, 3.05) is 0 Å². The maximum absolute atomic E-state index is 14.0. The van der Waals surface area contributed by atoms with E-state index >= 15 is 0 Å². The highest BCUT2D eigenvalue weighted by molar-refractivity contribution is 6.31. The fourth-order valence-corrected chi connectivity index (χ4v) is 9.37. The molecule has 3 fully saturated rings. The molecule has 1 saturated heterocycles. The van der Waals surface area contributed by atoms with Crippen molar-refractivity contribution in [2.45, 2.75) is 155 Å². The number of hydrogen-bond acceptors (Lipinski definition) is 4. The summed E-state index contributed by atoms with van der Waals surface area (Å²) in [6.07, 6.45) is 23.1. The number of ketones is 1. The number of phenolic OH excluding ortho intramolecular Hbond substituents is 1. The summed E-state index contributed by atoms with van der Waals surface area (Å²) < 4.78 is 6.23. The first-order chi connectivity index (χ1) is 21.2. The molecule has 4 aliphatic rings. The zero-order valence-electron chi connectivity index (χ0n) is 29.0. The Labute approximate surface area is 278 Å². The summed E-state index contributed by atoms with van der Waals surface area (Å²) >= 11 is 6.32. The average molecular weight is 638 g/mol. The lowest BCUT2D eigenvalue weighted by atomic mass is 9.62. The number of rotatable bonds is 12. The van der Waals surface area contributed by atoms with E-state index in [1.165, 1.54) is 63.4 Å². The molecule has 3 aliphatic carbocycles. The first kappa shape index (κ1) is 34.7. The Morgan fingerprint density at radius 1 is 1.09 bits per heavy atom. The summed E-state index contributed by atoms with van der Waals surface area (Å²) in [5.74, 6) is 2.08. The minimum Gasteiger partial charge on any atom is -0.508 e. The molecule has 1 heterocycles. The highest BCUT2D eigenvalue weighted by Gasteiger charge is 2.56. The summed E-state index contributed by atoms with van der Waals surface area (Å²) in [7, 11) is 0. The number of carbonyl (C=O) groups excluding carboxylic acids is 1. The van der Waals surface area contributed by atoms with E-state index in [2.05, 4.69) is 59.0 Å². The predicted molar refractivity (Wildman–Crippen MR) is 187 cm³/mol. The lowest BCUT2D eigenvalue weighted by Crippen LogP contribution is -2.59. The second kappa shape index (κ2) is 13.9. The topological polar surface area (TPSA) is 58.6 Å². The van der Waals surface area contributed by atoms with E-state index in [1.54, 1.807) is 18.2 Å². The number of nitrogens with one attached hydrogen (secondary N) is 1. The van der Waals surface area contributed by atoms with E-state index in [0.717, 1.165) is 32.1 Å². The Bertz CT molecular complexity index is 1210. The van der Waals surface area contributed by atoms with Gasteiger partial charge < -0.3 is 15.2 Å². The van der Waals surface area contributed by atoms with E-state index in [9.17, 15) is 9.90 Å². The largest absolute Gasteiger partial charge is 0.508 e. The van der Waals surface area contributed by atoms with Gasteiger partial charge in [0, 0.05) is 27.1 Å². The van der Waals surface area contributed by atoms with Gasteiger partial charge in [0.15, 0.2) is 5.78 Å². The van der Waals surface area contributed by atoms with Crippen LogP contribution in [0.1, 0.15) is 137 Å². The molecular weight excluding hydrogens is 578 g/mol. The zero-order chi connectivity index (χ0) is 32.5. The molecule has 1 aromatic carbocycles. The number of benzene rings is 1. The molecule has 4 nitrogen and oxygen atoms in total. The third-order valence-electron chi connectivity index (χ3n) is 11.9. The van der Waals surface area contributed by atoms with Crippen molar-refractivity contribution in [3.05, 3.63) is 52.6 Å². The number of aromatic hydroxyl groups is 1. The first-order valence-corrected chi connectivity index (χ1v) is 18.3.